The molecule has 0 saturated heterocycles. The molecule has 0 amide bonds. The first kappa shape index (κ1) is 19.7. The number of allylic oxidation sites excluding steroid dienone is 2. The van der Waals surface area contributed by atoms with Crippen molar-refractivity contribution in [1.29, 1.82) is 0 Å². The van der Waals surface area contributed by atoms with E-state index >= 15 is 0 Å². The van der Waals surface area contributed by atoms with Crippen LogP contribution in [0.5, 0.6) is 0 Å². The van der Waals surface area contributed by atoms with Crippen molar-refractivity contribution in [3.05, 3.63) is 12.2 Å². The molecule has 120 valence electrons. The van der Waals surface area contributed by atoms with Gasteiger partial charge >= 0.3 is 0 Å². The van der Waals surface area contributed by atoms with Crippen LogP contribution in [0.3, 0.4) is 0 Å². The monoisotopic (exact) mass is 284 g/mol. The lowest BCUT2D eigenvalue weighted by Gasteiger charge is -2.18. The summed E-state index contributed by atoms with van der Waals surface area (Å²) in [6.45, 7) is 3.14. The summed E-state index contributed by atoms with van der Waals surface area (Å²) < 4.78 is 0.114. The molecule has 0 aliphatic heterocycles. The molecule has 0 aromatic carbocycles. The van der Waals surface area contributed by atoms with Gasteiger partial charge < -0.3 is 0 Å². The maximum Gasteiger partial charge on any atom is 0.108 e. The predicted molar refractivity (Wildman–Crippen MR) is 89.0 cm³/mol. The summed E-state index contributed by atoms with van der Waals surface area (Å²) in [4.78, 5) is 0. The van der Waals surface area contributed by atoms with Crippen LogP contribution in [0.25, 0.3) is 0 Å². The van der Waals surface area contributed by atoms with Crippen molar-refractivity contribution in [2.75, 3.05) is 20.6 Å². The molecule has 0 aliphatic carbocycles. The Morgan fingerprint density at radius 2 is 1.15 bits per heavy atom. The molecule has 0 saturated carbocycles. The average Bonchev–Trinajstić information content (AvgIpc) is 2.38. The fraction of sp³-hybridized carbons (Fsp3) is 0.889. The number of hydrogen-bond donors (Lipinski definition) is 1. The molecule has 0 heterocycles. The zero-order valence-electron chi connectivity index (χ0n) is 14.2. The SMILES string of the molecule is CCCCCC/C=C/CCCCCCCC[N+](C)(C)O. The van der Waals surface area contributed by atoms with Gasteiger partial charge in [-0.2, -0.15) is 4.65 Å². The molecule has 1 N–H and O–H groups in total. The van der Waals surface area contributed by atoms with Crippen LogP contribution in [-0.4, -0.2) is 30.5 Å². The summed E-state index contributed by atoms with van der Waals surface area (Å²) in [7, 11) is 3.68. The molecule has 20 heavy (non-hydrogen) atoms. The molecule has 0 unspecified atom stereocenters. The first-order chi connectivity index (χ1) is 9.56. The number of hydroxylamine groups is 3. The molecule has 0 bridgehead atoms. The first-order valence-electron chi connectivity index (χ1n) is 8.77. The molecule has 0 spiro atoms. The number of unbranched alkanes of at least 4 members (excludes halogenated alkanes) is 10. The van der Waals surface area contributed by atoms with Crippen molar-refractivity contribution in [3.63, 3.8) is 0 Å². The number of rotatable bonds is 14. The third-order valence-electron chi connectivity index (χ3n) is 3.72. The highest BCUT2D eigenvalue weighted by molar-refractivity contribution is 4.81. The molecule has 0 rings (SSSR count). The van der Waals surface area contributed by atoms with Crippen LogP contribution in [0.4, 0.5) is 0 Å². The topological polar surface area (TPSA) is 20.2 Å². The molecule has 0 fully saturated rings. The van der Waals surface area contributed by atoms with Crippen LogP contribution in [0.1, 0.15) is 84.0 Å². The van der Waals surface area contributed by atoms with Gasteiger partial charge in [0, 0.05) is 0 Å². The zero-order chi connectivity index (χ0) is 15.1. The predicted octanol–water partition coefficient (Wildman–Crippen LogP) is 5.71. The summed E-state index contributed by atoms with van der Waals surface area (Å²) >= 11 is 0. The smallest absolute Gasteiger partial charge is 0.108 e. The minimum Gasteiger partial charge on any atom is -0.217 e. The normalized spacial score (nSPS) is 12.4. The van der Waals surface area contributed by atoms with E-state index in [0.717, 1.165) is 13.0 Å². The van der Waals surface area contributed by atoms with Crippen LogP contribution in [0.2, 0.25) is 0 Å². The number of hydrogen-bond acceptors (Lipinski definition) is 1. The van der Waals surface area contributed by atoms with Crippen molar-refractivity contribution in [3.8, 4) is 0 Å². The minimum atomic E-state index is 0.114. The zero-order valence-corrected chi connectivity index (χ0v) is 14.2. The van der Waals surface area contributed by atoms with Gasteiger partial charge in [-0.1, -0.05) is 57.6 Å². The van der Waals surface area contributed by atoms with Crippen molar-refractivity contribution in [2.24, 2.45) is 0 Å². The van der Waals surface area contributed by atoms with E-state index in [1.54, 1.807) is 0 Å². The van der Waals surface area contributed by atoms with Crippen molar-refractivity contribution >= 4 is 0 Å². The molecular weight excluding hydrogens is 246 g/mol. The van der Waals surface area contributed by atoms with Gasteiger partial charge in [0.05, 0.1) is 14.1 Å². The fourth-order valence-electron chi connectivity index (χ4n) is 2.39. The van der Waals surface area contributed by atoms with Crippen LogP contribution >= 0.6 is 0 Å². The van der Waals surface area contributed by atoms with Crippen LogP contribution in [0.15, 0.2) is 12.2 Å². The van der Waals surface area contributed by atoms with Gasteiger partial charge in [0.2, 0.25) is 0 Å². The molecule has 0 radical (unpaired) electrons. The number of nitrogens with zero attached hydrogens (tertiary/aromatic N) is 1. The summed E-state index contributed by atoms with van der Waals surface area (Å²) in [5.41, 5.74) is 0. The van der Waals surface area contributed by atoms with Gasteiger partial charge in [-0.25, -0.2) is 5.21 Å². The van der Waals surface area contributed by atoms with Gasteiger partial charge in [-0.05, 0) is 38.5 Å². The summed E-state index contributed by atoms with van der Waals surface area (Å²) in [5, 5.41) is 9.54. The Balaban J connectivity index is 3.11. The van der Waals surface area contributed by atoms with Crippen molar-refractivity contribution < 1.29 is 9.85 Å². The third kappa shape index (κ3) is 17.7. The van der Waals surface area contributed by atoms with Gasteiger partial charge in [0.1, 0.15) is 6.54 Å². The molecule has 0 aliphatic rings. The van der Waals surface area contributed by atoms with Crippen LogP contribution in [-0.2, 0) is 0 Å². The van der Waals surface area contributed by atoms with E-state index in [2.05, 4.69) is 19.1 Å². The lowest BCUT2D eigenvalue weighted by atomic mass is 10.1. The Morgan fingerprint density at radius 1 is 0.700 bits per heavy atom. The Hall–Kier alpha value is -0.340. The molecule has 0 atom stereocenters. The molecule has 2 nitrogen and oxygen atoms in total. The second kappa shape index (κ2) is 13.6. The van der Waals surface area contributed by atoms with E-state index in [0.29, 0.717) is 0 Å². The highest BCUT2D eigenvalue weighted by Crippen LogP contribution is 2.09. The summed E-state index contributed by atoms with van der Waals surface area (Å²) in [5.74, 6) is 0. The Morgan fingerprint density at radius 3 is 1.65 bits per heavy atom. The maximum absolute atomic E-state index is 9.54. The molecule has 0 aromatic heterocycles. The van der Waals surface area contributed by atoms with E-state index in [4.69, 9.17) is 0 Å². The van der Waals surface area contributed by atoms with E-state index < -0.39 is 0 Å². The first-order valence-corrected chi connectivity index (χ1v) is 8.77. The highest BCUT2D eigenvalue weighted by Gasteiger charge is 2.08. The molecular formula is C18H38NO+. The second-order valence-electron chi connectivity index (χ2n) is 6.58. The van der Waals surface area contributed by atoms with Gasteiger partial charge in [-0.15, -0.1) is 0 Å². The number of quaternary nitrogens is 1. The Labute approximate surface area is 127 Å². The Bertz CT molecular complexity index is 218. The van der Waals surface area contributed by atoms with Gasteiger partial charge in [-0.3, -0.25) is 0 Å². The maximum atomic E-state index is 9.54. The van der Waals surface area contributed by atoms with Gasteiger partial charge in [0.15, 0.2) is 0 Å². The summed E-state index contributed by atoms with van der Waals surface area (Å²) in [6.07, 6.45) is 20.5. The van der Waals surface area contributed by atoms with E-state index in [1.807, 2.05) is 14.1 Å². The average molecular weight is 285 g/mol. The van der Waals surface area contributed by atoms with E-state index in [1.165, 1.54) is 70.6 Å². The van der Waals surface area contributed by atoms with Crippen LogP contribution in [0, 0.1) is 0 Å². The minimum absolute atomic E-state index is 0.114. The second-order valence-corrected chi connectivity index (χ2v) is 6.58. The lowest BCUT2D eigenvalue weighted by Crippen LogP contribution is -2.36. The van der Waals surface area contributed by atoms with Crippen molar-refractivity contribution in [2.45, 2.75) is 84.0 Å². The van der Waals surface area contributed by atoms with E-state index in [-0.39, 0.29) is 4.65 Å². The van der Waals surface area contributed by atoms with Gasteiger partial charge in [0.25, 0.3) is 0 Å². The quantitative estimate of drug-likeness (QED) is 0.187. The molecule has 0 aromatic rings. The largest absolute Gasteiger partial charge is 0.217 e. The fourth-order valence-corrected chi connectivity index (χ4v) is 2.39. The van der Waals surface area contributed by atoms with Crippen molar-refractivity contribution in [1.82, 2.24) is 0 Å². The molecule has 2 heteroatoms. The highest BCUT2D eigenvalue weighted by atomic mass is 16.5. The standard InChI is InChI=1S/C18H38NO/c1-4-5-6-7-8-9-10-11-12-13-14-15-16-17-18-19(2,3)20/h9-10,20H,4-8,11-18H2,1-3H3/q+1/b10-9+. The third-order valence-corrected chi connectivity index (χ3v) is 3.72. The summed E-state index contributed by atoms with van der Waals surface area (Å²) in [6, 6.07) is 0. The van der Waals surface area contributed by atoms with E-state index in [9.17, 15) is 5.21 Å². The lowest BCUT2D eigenvalue weighted by molar-refractivity contribution is -1.07. The Kier molecular flexibility index (Phi) is 13.4. The van der Waals surface area contributed by atoms with Crippen LogP contribution < -0.4 is 0 Å².